The summed E-state index contributed by atoms with van der Waals surface area (Å²) in [4.78, 5) is 41.9. The number of ether oxygens (including phenoxy) is 1. The van der Waals surface area contributed by atoms with Crippen LogP contribution in [0.25, 0.3) is 0 Å². The minimum Gasteiger partial charge on any atom is -0.380 e. The molecule has 1 atom stereocenters. The molecule has 0 radical (unpaired) electrons. The van der Waals surface area contributed by atoms with Gasteiger partial charge in [-0.3, -0.25) is 19.0 Å². The van der Waals surface area contributed by atoms with Crippen molar-refractivity contribution in [2.45, 2.75) is 24.1 Å². The third kappa shape index (κ3) is 6.76. The third-order valence-electron chi connectivity index (χ3n) is 5.24. The number of nitrogens with one attached hydrogen (secondary N) is 2. The Morgan fingerprint density at radius 2 is 1.78 bits per heavy atom. The Balaban J connectivity index is 1.89. The van der Waals surface area contributed by atoms with Gasteiger partial charge in [0.2, 0.25) is 5.91 Å². The molecule has 0 unspecified atom stereocenters. The van der Waals surface area contributed by atoms with Crippen LogP contribution in [0.3, 0.4) is 0 Å². The van der Waals surface area contributed by atoms with E-state index in [-0.39, 0.29) is 17.1 Å². The van der Waals surface area contributed by atoms with E-state index >= 15 is 0 Å². The lowest BCUT2D eigenvalue weighted by atomic mass is 10.0. The highest BCUT2D eigenvalue weighted by Crippen LogP contribution is 2.47. The van der Waals surface area contributed by atoms with Gasteiger partial charge in [-0.15, -0.1) is 0 Å². The van der Waals surface area contributed by atoms with Gasteiger partial charge >= 0.3 is 0 Å². The average molecular weight is 519 g/mol. The summed E-state index contributed by atoms with van der Waals surface area (Å²) >= 11 is 0. The molecular weight excluding hydrogens is 490 g/mol. The number of carbonyl (C=O) groups is 2. The second-order valence-electron chi connectivity index (χ2n) is 8.81. The molecule has 2 N–H and O–H groups in total. The number of halogens is 2. The molecular formula is C25H28F2N4O4S. The zero-order valence-corrected chi connectivity index (χ0v) is 21.2. The van der Waals surface area contributed by atoms with Gasteiger partial charge in [0.05, 0.1) is 18.6 Å². The van der Waals surface area contributed by atoms with E-state index in [0.29, 0.717) is 12.2 Å². The first-order valence-corrected chi connectivity index (χ1v) is 13.7. The Hall–Kier alpha value is -3.57. The van der Waals surface area contributed by atoms with Crippen molar-refractivity contribution >= 4 is 27.5 Å². The molecule has 0 fully saturated rings. The van der Waals surface area contributed by atoms with Crippen LogP contribution in [0, 0.1) is 11.6 Å². The van der Waals surface area contributed by atoms with Crippen molar-refractivity contribution in [2.24, 2.45) is 0 Å². The molecule has 1 heterocycles. The molecule has 1 aromatic heterocycles. The van der Waals surface area contributed by atoms with Crippen LogP contribution in [0.5, 0.6) is 0 Å². The van der Waals surface area contributed by atoms with Gasteiger partial charge in [0, 0.05) is 30.3 Å². The lowest BCUT2D eigenvalue weighted by molar-refractivity contribution is -0.127. The van der Waals surface area contributed by atoms with Gasteiger partial charge < -0.3 is 15.4 Å². The summed E-state index contributed by atoms with van der Waals surface area (Å²) in [5.74, 6) is -2.85. The molecule has 192 valence electrons. The first-order valence-electron chi connectivity index (χ1n) is 10.9. The van der Waals surface area contributed by atoms with Crippen LogP contribution in [0.4, 0.5) is 14.5 Å². The van der Waals surface area contributed by atoms with Crippen molar-refractivity contribution < 1.29 is 23.1 Å². The number of amides is 2. The maximum Gasteiger partial charge on any atom is 0.253 e. The molecule has 0 aliphatic heterocycles. The fourth-order valence-corrected chi connectivity index (χ4v) is 4.53. The molecule has 36 heavy (non-hydrogen) atoms. The Labute approximate surface area is 209 Å². The number of benzene rings is 2. The molecule has 8 nitrogen and oxygen atoms in total. The van der Waals surface area contributed by atoms with Crippen LogP contribution in [-0.2, 0) is 27.5 Å². The van der Waals surface area contributed by atoms with Gasteiger partial charge in [-0.25, -0.2) is 23.8 Å². The monoisotopic (exact) mass is 518 g/mol. The van der Waals surface area contributed by atoms with Crippen molar-refractivity contribution in [3.63, 3.8) is 0 Å². The number of aromatic nitrogens is 2. The highest BCUT2D eigenvalue weighted by molar-refractivity contribution is 8.32. The van der Waals surface area contributed by atoms with Crippen molar-refractivity contribution in [2.75, 3.05) is 31.2 Å². The van der Waals surface area contributed by atoms with E-state index in [1.807, 2.05) is 18.8 Å². The van der Waals surface area contributed by atoms with E-state index in [1.54, 1.807) is 31.4 Å². The minimum atomic E-state index is -1.55. The number of nitrogens with zero attached hydrogens (tertiary/aromatic N) is 2. The van der Waals surface area contributed by atoms with Gasteiger partial charge in [-0.1, -0.05) is 24.3 Å². The molecule has 11 heteroatoms. The Morgan fingerprint density at radius 3 is 2.39 bits per heavy atom. The SMILES string of the molecule is COCc1ccc([C@@H](NC(=O)Cn2cnccc2=O)C(=O)Nc2cc(F)c(S(C)(C)C)cc2F)cc1. The van der Waals surface area contributed by atoms with Crippen molar-refractivity contribution in [3.05, 3.63) is 88.1 Å². The van der Waals surface area contributed by atoms with E-state index in [2.05, 4.69) is 15.6 Å². The predicted molar refractivity (Wildman–Crippen MR) is 135 cm³/mol. The largest absolute Gasteiger partial charge is 0.380 e. The Bertz CT molecular complexity index is 1310. The van der Waals surface area contributed by atoms with Gasteiger partial charge in [0.25, 0.3) is 11.5 Å². The molecule has 0 aliphatic rings. The molecule has 3 rings (SSSR count). The summed E-state index contributed by atoms with van der Waals surface area (Å²) in [7, 11) is -0.0000268. The average Bonchev–Trinajstić information content (AvgIpc) is 2.81. The molecule has 0 aliphatic carbocycles. The summed E-state index contributed by atoms with van der Waals surface area (Å²) in [5, 5.41) is 4.95. The van der Waals surface area contributed by atoms with Gasteiger partial charge in [0.1, 0.15) is 24.2 Å². The molecule has 2 aromatic carbocycles. The molecule has 0 spiro atoms. The van der Waals surface area contributed by atoms with Crippen LogP contribution < -0.4 is 16.2 Å². The number of anilines is 1. The summed E-state index contributed by atoms with van der Waals surface area (Å²) in [6.45, 7) is -0.0374. The third-order valence-corrected chi connectivity index (χ3v) is 6.87. The predicted octanol–water partition coefficient (Wildman–Crippen LogP) is 3.22. The topological polar surface area (TPSA) is 102 Å². The maximum atomic E-state index is 14.8. The van der Waals surface area contributed by atoms with Crippen molar-refractivity contribution in [1.82, 2.24) is 14.9 Å². The lowest BCUT2D eigenvalue weighted by Crippen LogP contribution is -2.40. The van der Waals surface area contributed by atoms with Crippen LogP contribution in [0.2, 0.25) is 0 Å². The van der Waals surface area contributed by atoms with Crippen molar-refractivity contribution in [3.8, 4) is 0 Å². The molecule has 0 saturated heterocycles. The number of rotatable bonds is 9. The van der Waals surface area contributed by atoms with E-state index in [4.69, 9.17) is 4.74 Å². The summed E-state index contributed by atoms with van der Waals surface area (Å²) in [6, 6.07) is 8.66. The van der Waals surface area contributed by atoms with Gasteiger partial charge in [-0.2, -0.15) is 0 Å². The molecule has 0 saturated carbocycles. The van der Waals surface area contributed by atoms with Gasteiger partial charge in [-0.05, 0) is 36.0 Å². The minimum absolute atomic E-state index is 0.249. The van der Waals surface area contributed by atoms with E-state index < -0.39 is 45.1 Å². The molecule has 3 aromatic rings. The normalized spacial score (nSPS) is 12.6. The Kier molecular flexibility index (Phi) is 8.59. The number of carbonyl (C=O) groups excluding carboxylic acids is 2. The number of methoxy groups -OCH3 is 1. The standard InChI is InChI=1S/C25H28F2N4O4S/c1-35-14-16-5-7-17(8-6-16)24(30-22(32)13-31-15-28-10-9-23(31)33)25(34)29-20-11-19(27)21(12-18(20)26)36(2,3)4/h5-12,15,24H,13-14H2,1-4H3,(H,29,34)(H,30,32)/t24-/m1/s1. The molecule has 2 amide bonds. The van der Waals surface area contributed by atoms with E-state index in [0.717, 1.165) is 22.3 Å². The van der Waals surface area contributed by atoms with E-state index in [9.17, 15) is 23.2 Å². The zero-order valence-electron chi connectivity index (χ0n) is 20.4. The Morgan fingerprint density at radius 1 is 1.08 bits per heavy atom. The van der Waals surface area contributed by atoms with Gasteiger partial charge in [0.15, 0.2) is 0 Å². The van der Waals surface area contributed by atoms with Crippen LogP contribution in [-0.4, -0.2) is 47.2 Å². The second-order valence-corrected chi connectivity index (χ2v) is 12.9. The smallest absolute Gasteiger partial charge is 0.253 e. The van der Waals surface area contributed by atoms with Crippen LogP contribution in [0.15, 0.2) is 64.7 Å². The first-order chi connectivity index (χ1) is 17.0. The lowest BCUT2D eigenvalue weighted by Gasteiger charge is -2.27. The maximum absolute atomic E-state index is 14.8. The summed E-state index contributed by atoms with van der Waals surface area (Å²) in [5.41, 5.74) is 0.449. The quantitative estimate of drug-likeness (QED) is 0.453. The summed E-state index contributed by atoms with van der Waals surface area (Å²) < 4.78 is 35.7. The number of hydrogen-bond donors (Lipinski definition) is 2. The second kappa shape index (κ2) is 11.4. The zero-order chi connectivity index (χ0) is 26.5. The summed E-state index contributed by atoms with van der Waals surface area (Å²) in [6.07, 6.45) is 7.99. The number of hydrogen-bond acceptors (Lipinski definition) is 5. The van der Waals surface area contributed by atoms with E-state index in [1.165, 1.54) is 18.6 Å². The highest BCUT2D eigenvalue weighted by Gasteiger charge is 2.25. The highest BCUT2D eigenvalue weighted by atomic mass is 32.3. The van der Waals surface area contributed by atoms with Crippen LogP contribution >= 0.6 is 10.0 Å². The fraction of sp³-hybridized carbons (Fsp3) is 0.280. The van der Waals surface area contributed by atoms with Crippen molar-refractivity contribution in [1.29, 1.82) is 0 Å². The fourth-order valence-electron chi connectivity index (χ4n) is 3.43. The first kappa shape index (κ1) is 27.0. The van der Waals surface area contributed by atoms with Crippen LogP contribution in [0.1, 0.15) is 17.2 Å². The molecule has 0 bridgehead atoms.